The van der Waals surface area contributed by atoms with E-state index in [0.717, 1.165) is 0 Å². The van der Waals surface area contributed by atoms with E-state index in [1.807, 2.05) is 0 Å². The molecule has 0 aromatic heterocycles. The summed E-state index contributed by atoms with van der Waals surface area (Å²) in [6, 6.07) is 0. The van der Waals surface area contributed by atoms with Gasteiger partial charge in [-0.1, -0.05) is 0 Å². The van der Waals surface area contributed by atoms with Gasteiger partial charge in [0.15, 0.2) is 0 Å². The topological polar surface area (TPSA) is 144 Å². The van der Waals surface area contributed by atoms with Crippen LogP contribution in [0.4, 0.5) is 0 Å². The molecule has 0 aromatic carbocycles. The Morgan fingerprint density at radius 1 is 1.38 bits per heavy atom. The summed E-state index contributed by atoms with van der Waals surface area (Å²) in [6.07, 6.45) is -1.20. The third-order valence-corrected chi connectivity index (χ3v) is 1.39. The first kappa shape index (κ1) is 11.8. The predicted molar refractivity (Wildman–Crippen MR) is 36.4 cm³/mol. The Labute approximate surface area is 72.7 Å². The maximum absolute atomic E-state index is 10.3. The van der Waals surface area contributed by atoms with Crippen molar-refractivity contribution in [2.24, 2.45) is 5.73 Å². The number of primary amides is 1. The van der Waals surface area contributed by atoms with E-state index in [0.29, 0.717) is 0 Å². The van der Waals surface area contributed by atoms with Gasteiger partial charge in [0, 0.05) is 12.8 Å². The van der Waals surface area contributed by atoms with Crippen molar-refractivity contribution < 1.29 is 30.2 Å². The summed E-state index contributed by atoms with van der Waals surface area (Å²) in [5.41, 5.74) is 1.77. The van der Waals surface area contributed by atoms with E-state index in [1.165, 1.54) is 0 Å². The Hall–Kier alpha value is -1.22. The number of carboxylic acid groups (broad SMARTS) is 1. The molecule has 0 unspecified atom stereocenters. The van der Waals surface area contributed by atoms with Crippen molar-refractivity contribution in [2.45, 2.75) is 18.6 Å². The van der Waals surface area contributed by atoms with Gasteiger partial charge in [0.25, 0.3) is 5.72 Å². The van der Waals surface area contributed by atoms with Crippen LogP contribution in [0.15, 0.2) is 0 Å². The van der Waals surface area contributed by atoms with Crippen LogP contribution in [0.3, 0.4) is 0 Å². The van der Waals surface area contributed by atoms with Gasteiger partial charge >= 0.3 is 5.97 Å². The molecule has 0 fully saturated rings. The van der Waals surface area contributed by atoms with Gasteiger partial charge < -0.3 is 15.9 Å². The molecule has 0 aromatic rings. The molecular formula is C5H10N2O6. The van der Waals surface area contributed by atoms with Crippen molar-refractivity contribution >= 4 is 11.9 Å². The smallest absolute Gasteiger partial charge is 0.356 e. The highest BCUT2D eigenvalue weighted by molar-refractivity contribution is 5.78. The number of carbonyl (C=O) groups is 2. The van der Waals surface area contributed by atoms with Crippen molar-refractivity contribution in [3.8, 4) is 0 Å². The molecule has 0 saturated carbocycles. The number of hydrogen-bond donors (Lipinski definition) is 5. The van der Waals surface area contributed by atoms with Crippen molar-refractivity contribution in [3.05, 3.63) is 0 Å². The molecule has 0 spiro atoms. The third-order valence-electron chi connectivity index (χ3n) is 1.39. The number of rotatable bonds is 5. The van der Waals surface area contributed by atoms with Gasteiger partial charge in [-0.3, -0.25) is 15.2 Å². The lowest BCUT2D eigenvalue weighted by atomic mass is 10.1. The van der Waals surface area contributed by atoms with Crippen LogP contribution >= 0.6 is 0 Å². The molecule has 1 amide bonds. The van der Waals surface area contributed by atoms with Crippen molar-refractivity contribution in [3.63, 3.8) is 0 Å². The first-order valence-electron chi connectivity index (χ1n) is 3.22. The molecule has 0 heterocycles. The van der Waals surface area contributed by atoms with Gasteiger partial charge in [-0.2, -0.15) is 0 Å². The zero-order chi connectivity index (χ0) is 10.6. The molecule has 0 aliphatic heterocycles. The fraction of sp³-hybridized carbons (Fsp3) is 0.600. The number of carbonyl (C=O) groups excluding carboxylic acids is 1. The summed E-state index contributed by atoms with van der Waals surface area (Å²) < 4.78 is 0. The van der Waals surface area contributed by atoms with Gasteiger partial charge in [-0.25, -0.2) is 4.79 Å². The van der Waals surface area contributed by atoms with Crippen LogP contribution in [0.5, 0.6) is 0 Å². The number of amides is 1. The summed E-state index contributed by atoms with van der Waals surface area (Å²) in [5, 5.41) is 33.2. The summed E-state index contributed by atoms with van der Waals surface area (Å²) in [6.45, 7) is 0. The predicted octanol–water partition coefficient (Wildman–Crippen LogP) is -1.89. The van der Waals surface area contributed by atoms with E-state index in [1.54, 1.807) is 0 Å². The fourth-order valence-corrected chi connectivity index (χ4v) is 0.590. The zero-order valence-electron chi connectivity index (χ0n) is 6.54. The van der Waals surface area contributed by atoms with Gasteiger partial charge in [0.05, 0.1) is 0 Å². The minimum Gasteiger partial charge on any atom is -0.478 e. The molecule has 13 heavy (non-hydrogen) atoms. The Kier molecular flexibility index (Phi) is 3.75. The Morgan fingerprint density at radius 2 is 1.85 bits per heavy atom. The number of nitrogens with two attached hydrogens (primary N) is 1. The zero-order valence-corrected chi connectivity index (χ0v) is 6.54. The van der Waals surface area contributed by atoms with Gasteiger partial charge in [0.2, 0.25) is 5.91 Å². The average Bonchev–Trinajstić information content (AvgIpc) is 1.99. The van der Waals surface area contributed by atoms with E-state index >= 15 is 0 Å². The second kappa shape index (κ2) is 4.14. The number of aliphatic carboxylic acids is 1. The SMILES string of the molecule is NC(=O)CC[C@@](O)(C(=O)O)N(O)O. The molecule has 8 nitrogen and oxygen atoms in total. The molecule has 1 atom stereocenters. The molecule has 0 bridgehead atoms. The third kappa shape index (κ3) is 2.95. The normalized spacial score (nSPS) is 15.4. The maximum atomic E-state index is 10.3. The van der Waals surface area contributed by atoms with E-state index in [4.69, 9.17) is 20.6 Å². The first-order chi connectivity index (χ1) is 5.80. The van der Waals surface area contributed by atoms with Crippen LogP contribution < -0.4 is 5.73 Å². The number of hydroxylamine groups is 2. The molecular weight excluding hydrogens is 184 g/mol. The monoisotopic (exact) mass is 194 g/mol. The Balaban J connectivity index is 4.43. The summed E-state index contributed by atoms with van der Waals surface area (Å²) in [4.78, 5) is 20.5. The first-order valence-corrected chi connectivity index (χ1v) is 3.22. The average molecular weight is 194 g/mol. The van der Waals surface area contributed by atoms with E-state index < -0.39 is 35.7 Å². The van der Waals surface area contributed by atoms with Crippen molar-refractivity contribution in [1.29, 1.82) is 0 Å². The van der Waals surface area contributed by atoms with E-state index in [9.17, 15) is 9.59 Å². The fourth-order valence-electron chi connectivity index (χ4n) is 0.590. The number of hydrogen-bond acceptors (Lipinski definition) is 6. The molecule has 0 saturated heterocycles. The lowest BCUT2D eigenvalue weighted by Crippen LogP contribution is -2.52. The van der Waals surface area contributed by atoms with Crippen molar-refractivity contribution in [2.75, 3.05) is 0 Å². The number of aliphatic hydroxyl groups is 1. The van der Waals surface area contributed by atoms with Crippen LogP contribution in [0.1, 0.15) is 12.8 Å². The van der Waals surface area contributed by atoms with Gasteiger partial charge in [-0.05, 0) is 5.23 Å². The molecule has 6 N–H and O–H groups in total. The molecule has 0 radical (unpaired) electrons. The minimum atomic E-state index is -2.91. The molecule has 8 heteroatoms. The van der Waals surface area contributed by atoms with Gasteiger partial charge in [-0.15, -0.1) is 0 Å². The van der Waals surface area contributed by atoms with Crippen LogP contribution in [-0.4, -0.2) is 43.5 Å². The largest absolute Gasteiger partial charge is 0.478 e. The summed E-state index contributed by atoms with van der Waals surface area (Å²) >= 11 is 0. The quantitative estimate of drug-likeness (QED) is 0.254. The molecule has 76 valence electrons. The van der Waals surface area contributed by atoms with Crippen LogP contribution in [0, 0.1) is 0 Å². The minimum absolute atomic E-state index is 0.486. The maximum Gasteiger partial charge on any atom is 0.356 e. The lowest BCUT2D eigenvalue weighted by molar-refractivity contribution is -0.403. The lowest BCUT2D eigenvalue weighted by Gasteiger charge is -2.25. The van der Waals surface area contributed by atoms with E-state index in [2.05, 4.69) is 5.73 Å². The second-order valence-corrected chi connectivity index (χ2v) is 2.38. The molecule has 0 aliphatic rings. The highest BCUT2D eigenvalue weighted by Crippen LogP contribution is 2.15. The van der Waals surface area contributed by atoms with Gasteiger partial charge in [0.1, 0.15) is 0 Å². The standard InChI is InChI=1S/C5H10N2O6/c6-3(8)1-2-5(11,4(9)10)7(12)13/h11-13H,1-2H2,(H2,6,8)(H,9,10)/t5-/m1/s1. The highest BCUT2D eigenvalue weighted by Gasteiger charge is 2.42. The second-order valence-electron chi connectivity index (χ2n) is 2.38. The van der Waals surface area contributed by atoms with Crippen LogP contribution in [0.2, 0.25) is 0 Å². The Bertz CT molecular complexity index is 217. The van der Waals surface area contributed by atoms with Crippen molar-refractivity contribution in [1.82, 2.24) is 5.23 Å². The van der Waals surface area contributed by atoms with Crippen LogP contribution in [-0.2, 0) is 9.59 Å². The molecule has 0 aliphatic carbocycles. The summed E-state index contributed by atoms with van der Waals surface area (Å²) in [5.74, 6) is -2.75. The summed E-state index contributed by atoms with van der Waals surface area (Å²) in [7, 11) is 0. The molecule has 0 rings (SSSR count). The number of nitrogens with zero attached hydrogens (tertiary/aromatic N) is 1. The highest BCUT2D eigenvalue weighted by atomic mass is 16.8. The Morgan fingerprint density at radius 3 is 2.08 bits per heavy atom. The van der Waals surface area contributed by atoms with Crippen LogP contribution in [0.25, 0.3) is 0 Å². The van der Waals surface area contributed by atoms with E-state index in [-0.39, 0.29) is 0 Å². The number of carboxylic acids is 1.